The molecule has 0 aromatic heterocycles. The lowest BCUT2D eigenvalue weighted by atomic mass is 10.2. The van der Waals surface area contributed by atoms with Gasteiger partial charge in [-0.1, -0.05) is 0 Å². The SMILES string of the molecule is O=S(C1CCOCC1)C1CCCNC1. The molecule has 14 heavy (non-hydrogen) atoms. The molecule has 3 nitrogen and oxygen atoms in total. The predicted octanol–water partition coefficient (Wildman–Crippen LogP) is 0.666. The molecule has 2 rings (SSSR count). The molecule has 0 aromatic rings. The van der Waals surface area contributed by atoms with Crippen molar-refractivity contribution in [2.24, 2.45) is 0 Å². The van der Waals surface area contributed by atoms with Crippen molar-refractivity contribution in [2.75, 3.05) is 26.3 Å². The number of piperidine rings is 1. The quantitative estimate of drug-likeness (QED) is 0.738. The van der Waals surface area contributed by atoms with Gasteiger partial charge in [-0.25, -0.2) is 0 Å². The summed E-state index contributed by atoms with van der Waals surface area (Å²) in [5, 5.41) is 4.12. The van der Waals surface area contributed by atoms with Gasteiger partial charge in [0.05, 0.1) is 0 Å². The third-order valence-corrected chi connectivity index (χ3v) is 5.26. The highest BCUT2D eigenvalue weighted by molar-refractivity contribution is 7.86. The van der Waals surface area contributed by atoms with Crippen molar-refractivity contribution in [3.8, 4) is 0 Å². The minimum absolute atomic E-state index is 0.395. The van der Waals surface area contributed by atoms with E-state index in [0.29, 0.717) is 10.5 Å². The molecule has 4 heteroatoms. The Balaban J connectivity index is 1.85. The molecule has 0 spiro atoms. The summed E-state index contributed by atoms with van der Waals surface area (Å²) in [5.74, 6) is 0. The number of hydrogen-bond donors (Lipinski definition) is 1. The molecule has 2 atom stereocenters. The third-order valence-electron chi connectivity index (χ3n) is 3.08. The summed E-state index contributed by atoms with van der Waals surface area (Å²) in [7, 11) is -0.635. The average molecular weight is 217 g/mol. The number of rotatable bonds is 2. The lowest BCUT2D eigenvalue weighted by Gasteiger charge is -2.28. The molecule has 0 bridgehead atoms. The topological polar surface area (TPSA) is 38.3 Å². The fourth-order valence-corrected chi connectivity index (χ4v) is 4.08. The smallest absolute Gasteiger partial charge is 0.0477 e. The highest BCUT2D eigenvalue weighted by atomic mass is 32.2. The summed E-state index contributed by atoms with van der Waals surface area (Å²) < 4.78 is 17.5. The summed E-state index contributed by atoms with van der Waals surface area (Å²) in [6.07, 6.45) is 4.29. The first-order valence-corrected chi connectivity index (χ1v) is 6.83. The zero-order valence-electron chi connectivity index (χ0n) is 8.54. The van der Waals surface area contributed by atoms with Gasteiger partial charge in [-0.3, -0.25) is 4.21 Å². The van der Waals surface area contributed by atoms with Crippen LogP contribution in [0.3, 0.4) is 0 Å². The molecule has 0 amide bonds. The minimum Gasteiger partial charge on any atom is -0.381 e. The Hall–Kier alpha value is 0.0700. The molecular weight excluding hydrogens is 198 g/mol. The monoisotopic (exact) mass is 217 g/mol. The molecule has 0 aliphatic carbocycles. The van der Waals surface area contributed by atoms with Crippen LogP contribution in [0.2, 0.25) is 0 Å². The molecule has 2 aliphatic heterocycles. The Labute approximate surface area is 88.0 Å². The summed E-state index contributed by atoms with van der Waals surface area (Å²) in [6.45, 7) is 3.65. The van der Waals surface area contributed by atoms with Crippen molar-refractivity contribution >= 4 is 10.8 Å². The summed E-state index contributed by atoms with van der Waals surface area (Å²) in [6, 6.07) is 0. The van der Waals surface area contributed by atoms with Crippen LogP contribution in [0.25, 0.3) is 0 Å². The van der Waals surface area contributed by atoms with E-state index in [9.17, 15) is 4.21 Å². The van der Waals surface area contributed by atoms with E-state index in [4.69, 9.17) is 4.74 Å². The predicted molar refractivity (Wildman–Crippen MR) is 57.9 cm³/mol. The third kappa shape index (κ3) is 2.55. The van der Waals surface area contributed by atoms with Crippen LogP contribution in [0.4, 0.5) is 0 Å². The Bertz CT molecular complexity index is 178. The van der Waals surface area contributed by atoms with E-state index < -0.39 is 10.8 Å². The van der Waals surface area contributed by atoms with Crippen LogP contribution in [0.1, 0.15) is 25.7 Å². The van der Waals surface area contributed by atoms with E-state index in [2.05, 4.69) is 5.32 Å². The van der Waals surface area contributed by atoms with Crippen LogP contribution in [-0.2, 0) is 15.5 Å². The van der Waals surface area contributed by atoms with Gasteiger partial charge in [0, 0.05) is 41.1 Å². The van der Waals surface area contributed by atoms with Crippen LogP contribution in [-0.4, -0.2) is 41.0 Å². The van der Waals surface area contributed by atoms with Gasteiger partial charge < -0.3 is 10.1 Å². The van der Waals surface area contributed by atoms with Gasteiger partial charge in [0.2, 0.25) is 0 Å². The van der Waals surface area contributed by atoms with Gasteiger partial charge in [0.25, 0.3) is 0 Å². The lowest BCUT2D eigenvalue weighted by molar-refractivity contribution is 0.0990. The highest BCUT2D eigenvalue weighted by Crippen LogP contribution is 2.19. The molecule has 0 saturated carbocycles. The Morgan fingerprint density at radius 1 is 1.14 bits per heavy atom. The first-order valence-electron chi connectivity index (χ1n) is 5.56. The number of hydrogen-bond acceptors (Lipinski definition) is 3. The summed E-state index contributed by atoms with van der Waals surface area (Å²) >= 11 is 0. The zero-order valence-corrected chi connectivity index (χ0v) is 9.35. The van der Waals surface area contributed by atoms with Crippen molar-refractivity contribution in [2.45, 2.75) is 36.2 Å². The van der Waals surface area contributed by atoms with E-state index in [-0.39, 0.29) is 0 Å². The van der Waals surface area contributed by atoms with Gasteiger partial charge >= 0.3 is 0 Å². The van der Waals surface area contributed by atoms with E-state index in [1.807, 2.05) is 0 Å². The minimum atomic E-state index is -0.635. The molecular formula is C10H19NO2S. The van der Waals surface area contributed by atoms with Crippen LogP contribution in [0.5, 0.6) is 0 Å². The van der Waals surface area contributed by atoms with Gasteiger partial charge in [0.15, 0.2) is 0 Å². The molecule has 0 aromatic carbocycles. The van der Waals surface area contributed by atoms with Crippen LogP contribution in [0, 0.1) is 0 Å². The largest absolute Gasteiger partial charge is 0.381 e. The number of ether oxygens (including phenoxy) is 1. The number of nitrogens with one attached hydrogen (secondary N) is 1. The van der Waals surface area contributed by atoms with E-state index in [1.54, 1.807) is 0 Å². The van der Waals surface area contributed by atoms with Gasteiger partial charge in [-0.05, 0) is 32.2 Å². The van der Waals surface area contributed by atoms with E-state index in [1.165, 1.54) is 6.42 Å². The molecule has 1 N–H and O–H groups in total. The zero-order chi connectivity index (χ0) is 9.80. The highest BCUT2D eigenvalue weighted by Gasteiger charge is 2.27. The fourth-order valence-electron chi connectivity index (χ4n) is 2.20. The van der Waals surface area contributed by atoms with Gasteiger partial charge in [-0.2, -0.15) is 0 Å². The molecule has 0 radical (unpaired) electrons. The Morgan fingerprint density at radius 3 is 2.57 bits per heavy atom. The van der Waals surface area contributed by atoms with Crippen molar-refractivity contribution < 1.29 is 8.95 Å². The normalized spacial score (nSPS) is 32.7. The molecule has 2 fully saturated rings. The molecule has 2 heterocycles. The summed E-state index contributed by atoms with van der Waals surface area (Å²) in [4.78, 5) is 0. The first kappa shape index (κ1) is 10.6. The van der Waals surface area contributed by atoms with Crippen molar-refractivity contribution in [3.63, 3.8) is 0 Å². The van der Waals surface area contributed by atoms with Gasteiger partial charge in [-0.15, -0.1) is 0 Å². The summed E-state index contributed by atoms with van der Waals surface area (Å²) in [5.41, 5.74) is 0. The average Bonchev–Trinajstić information content (AvgIpc) is 2.30. The van der Waals surface area contributed by atoms with Crippen molar-refractivity contribution in [3.05, 3.63) is 0 Å². The second-order valence-corrected chi connectivity index (χ2v) is 6.10. The van der Waals surface area contributed by atoms with Crippen LogP contribution >= 0.6 is 0 Å². The van der Waals surface area contributed by atoms with Crippen molar-refractivity contribution in [1.82, 2.24) is 5.32 Å². The maximum Gasteiger partial charge on any atom is 0.0477 e. The van der Waals surface area contributed by atoms with E-state index in [0.717, 1.165) is 45.6 Å². The maximum absolute atomic E-state index is 12.2. The first-order chi connectivity index (χ1) is 6.88. The maximum atomic E-state index is 12.2. The molecule has 2 unspecified atom stereocenters. The standard InChI is InChI=1S/C10H19NO2S/c12-14(9-3-6-13-7-4-9)10-2-1-5-11-8-10/h9-11H,1-8H2. The van der Waals surface area contributed by atoms with Crippen LogP contribution < -0.4 is 5.32 Å². The Morgan fingerprint density at radius 2 is 1.93 bits per heavy atom. The molecule has 82 valence electrons. The second-order valence-electron chi connectivity index (χ2n) is 4.11. The lowest BCUT2D eigenvalue weighted by Crippen LogP contribution is -2.41. The molecule has 2 aliphatic rings. The van der Waals surface area contributed by atoms with Crippen molar-refractivity contribution in [1.29, 1.82) is 0 Å². The van der Waals surface area contributed by atoms with Gasteiger partial charge in [0.1, 0.15) is 0 Å². The fraction of sp³-hybridized carbons (Fsp3) is 1.00. The van der Waals surface area contributed by atoms with E-state index >= 15 is 0 Å². The second kappa shape index (κ2) is 5.24. The molecule has 2 saturated heterocycles. The van der Waals surface area contributed by atoms with Crippen LogP contribution in [0.15, 0.2) is 0 Å². The Kier molecular flexibility index (Phi) is 3.96.